The van der Waals surface area contributed by atoms with E-state index < -0.39 is 11.7 Å². The van der Waals surface area contributed by atoms with Gasteiger partial charge in [-0.3, -0.25) is 0 Å². The van der Waals surface area contributed by atoms with E-state index in [-0.39, 0.29) is 0 Å². The van der Waals surface area contributed by atoms with Crippen LogP contribution in [-0.4, -0.2) is 17.8 Å². The molecule has 114 valence electrons. The Labute approximate surface area is 130 Å². The second kappa shape index (κ2) is 5.50. The molecule has 0 aromatic heterocycles. The maximum atomic E-state index is 10.8. The lowest BCUT2D eigenvalue weighted by Crippen LogP contribution is -2.30. The van der Waals surface area contributed by atoms with Crippen molar-refractivity contribution in [2.45, 2.75) is 25.6 Å². The highest BCUT2D eigenvalue weighted by Crippen LogP contribution is 2.43. The molecule has 3 rings (SSSR count). The topological polar surface area (TPSA) is 38.7 Å². The first-order valence-corrected chi connectivity index (χ1v) is 7.33. The first-order chi connectivity index (χ1) is 10.5. The predicted molar refractivity (Wildman–Crippen MR) is 87.1 cm³/mol. The van der Waals surface area contributed by atoms with Gasteiger partial charge in [0.2, 0.25) is 0 Å². The molecule has 0 amide bonds. The Morgan fingerprint density at radius 1 is 1.09 bits per heavy atom. The van der Waals surface area contributed by atoms with Crippen LogP contribution in [0.3, 0.4) is 0 Å². The van der Waals surface area contributed by atoms with Crippen molar-refractivity contribution in [3.05, 3.63) is 65.7 Å². The summed E-state index contributed by atoms with van der Waals surface area (Å²) in [5.41, 5.74) is 2.15. The van der Waals surface area contributed by atoms with Crippen molar-refractivity contribution in [3.63, 3.8) is 0 Å². The maximum Gasteiger partial charge on any atom is 0.131 e. The minimum Gasteiger partial charge on any atom is -0.497 e. The zero-order chi connectivity index (χ0) is 15.7. The maximum absolute atomic E-state index is 10.8. The van der Waals surface area contributed by atoms with E-state index in [4.69, 9.17) is 9.47 Å². The van der Waals surface area contributed by atoms with Crippen molar-refractivity contribution in [3.8, 4) is 11.5 Å². The number of aliphatic hydroxyl groups excluding tert-OH is 1. The molecule has 0 radical (unpaired) electrons. The second-order valence-corrected chi connectivity index (χ2v) is 5.98. The average Bonchev–Trinajstić information content (AvgIpc) is 2.52. The molecular weight excluding hydrogens is 276 g/mol. The monoisotopic (exact) mass is 296 g/mol. The van der Waals surface area contributed by atoms with E-state index in [1.54, 1.807) is 7.11 Å². The molecule has 1 heterocycles. The van der Waals surface area contributed by atoms with Crippen LogP contribution in [-0.2, 0) is 0 Å². The molecule has 1 unspecified atom stereocenters. The lowest BCUT2D eigenvalue weighted by molar-refractivity contribution is 0.152. The van der Waals surface area contributed by atoms with Crippen LogP contribution in [0.4, 0.5) is 0 Å². The fourth-order valence-corrected chi connectivity index (χ4v) is 2.76. The van der Waals surface area contributed by atoms with E-state index in [9.17, 15) is 5.11 Å². The standard InChI is InChI=1S/C19H20O3/c1-19(2)12-16(18(20)13-7-5-4-6-8-13)15-10-9-14(21-3)11-17(15)22-19/h4-12,18,20H,1-3H3. The van der Waals surface area contributed by atoms with Crippen molar-refractivity contribution in [1.82, 2.24) is 0 Å². The molecule has 3 nitrogen and oxygen atoms in total. The summed E-state index contributed by atoms with van der Waals surface area (Å²) >= 11 is 0. The van der Waals surface area contributed by atoms with E-state index in [2.05, 4.69) is 0 Å². The number of fused-ring (bicyclic) bond motifs is 1. The van der Waals surface area contributed by atoms with Crippen molar-refractivity contribution in [1.29, 1.82) is 0 Å². The highest BCUT2D eigenvalue weighted by Gasteiger charge is 2.30. The smallest absolute Gasteiger partial charge is 0.131 e. The van der Waals surface area contributed by atoms with Crippen LogP contribution in [0.5, 0.6) is 11.5 Å². The van der Waals surface area contributed by atoms with Gasteiger partial charge in [0.05, 0.1) is 7.11 Å². The Morgan fingerprint density at radius 2 is 1.82 bits per heavy atom. The Balaban J connectivity index is 2.08. The molecule has 3 heteroatoms. The summed E-state index contributed by atoms with van der Waals surface area (Å²) < 4.78 is 11.3. The van der Waals surface area contributed by atoms with Gasteiger partial charge < -0.3 is 14.6 Å². The van der Waals surface area contributed by atoms with Gasteiger partial charge in [-0.15, -0.1) is 0 Å². The molecule has 1 atom stereocenters. The average molecular weight is 296 g/mol. The van der Waals surface area contributed by atoms with E-state index in [0.29, 0.717) is 0 Å². The fraction of sp³-hybridized carbons (Fsp3) is 0.263. The van der Waals surface area contributed by atoms with Crippen LogP contribution in [0.2, 0.25) is 0 Å². The molecule has 0 spiro atoms. The molecule has 0 bridgehead atoms. The van der Waals surface area contributed by atoms with Crippen LogP contribution >= 0.6 is 0 Å². The number of methoxy groups -OCH3 is 1. The Morgan fingerprint density at radius 3 is 2.50 bits per heavy atom. The van der Waals surface area contributed by atoms with E-state index in [1.807, 2.05) is 68.5 Å². The van der Waals surface area contributed by atoms with Gasteiger partial charge in [0, 0.05) is 11.6 Å². The molecule has 1 N–H and O–H groups in total. The van der Waals surface area contributed by atoms with E-state index in [1.165, 1.54) is 0 Å². The van der Waals surface area contributed by atoms with Gasteiger partial charge in [0.15, 0.2) is 0 Å². The van der Waals surface area contributed by atoms with Gasteiger partial charge in [-0.05, 0) is 43.2 Å². The number of aliphatic hydroxyl groups is 1. The normalized spacial score (nSPS) is 17.0. The molecule has 0 saturated carbocycles. The SMILES string of the molecule is COc1ccc2c(c1)OC(C)(C)C=C2C(O)c1ccccc1. The number of ether oxygens (including phenoxy) is 2. The molecule has 2 aromatic rings. The van der Waals surface area contributed by atoms with Gasteiger partial charge >= 0.3 is 0 Å². The molecule has 0 fully saturated rings. The Kier molecular flexibility index (Phi) is 3.67. The molecule has 0 saturated heterocycles. The fourth-order valence-electron chi connectivity index (χ4n) is 2.76. The highest BCUT2D eigenvalue weighted by atomic mass is 16.5. The van der Waals surface area contributed by atoms with Gasteiger partial charge in [-0.1, -0.05) is 30.3 Å². The lowest BCUT2D eigenvalue weighted by Gasteiger charge is -2.33. The van der Waals surface area contributed by atoms with Gasteiger partial charge in [0.1, 0.15) is 23.2 Å². The molecule has 0 aliphatic carbocycles. The number of rotatable bonds is 3. The minimum atomic E-state index is -0.684. The molecular formula is C19H20O3. The van der Waals surface area contributed by atoms with Crippen LogP contribution in [0.25, 0.3) is 5.57 Å². The van der Waals surface area contributed by atoms with E-state index in [0.717, 1.165) is 28.2 Å². The quantitative estimate of drug-likeness (QED) is 0.931. The summed E-state index contributed by atoms with van der Waals surface area (Å²) in [6.45, 7) is 3.96. The molecule has 2 aromatic carbocycles. The lowest BCUT2D eigenvalue weighted by atomic mass is 9.88. The third kappa shape index (κ3) is 2.72. The summed E-state index contributed by atoms with van der Waals surface area (Å²) in [4.78, 5) is 0. The van der Waals surface area contributed by atoms with Crippen LogP contribution in [0.15, 0.2) is 54.6 Å². The third-order valence-corrected chi connectivity index (χ3v) is 3.79. The second-order valence-electron chi connectivity index (χ2n) is 5.98. The third-order valence-electron chi connectivity index (χ3n) is 3.79. The van der Waals surface area contributed by atoms with Gasteiger partial charge in [0.25, 0.3) is 0 Å². The van der Waals surface area contributed by atoms with Crippen molar-refractivity contribution < 1.29 is 14.6 Å². The zero-order valence-corrected chi connectivity index (χ0v) is 13.0. The zero-order valence-electron chi connectivity index (χ0n) is 13.0. The minimum absolute atomic E-state index is 0.482. The number of benzene rings is 2. The summed E-state index contributed by atoms with van der Waals surface area (Å²) in [6.07, 6.45) is 1.30. The van der Waals surface area contributed by atoms with Crippen molar-refractivity contribution in [2.75, 3.05) is 7.11 Å². The highest BCUT2D eigenvalue weighted by molar-refractivity contribution is 5.77. The largest absolute Gasteiger partial charge is 0.497 e. The Bertz CT molecular complexity index is 702. The van der Waals surface area contributed by atoms with E-state index >= 15 is 0 Å². The van der Waals surface area contributed by atoms with Crippen LogP contribution < -0.4 is 9.47 Å². The summed E-state index contributed by atoms with van der Waals surface area (Å²) in [6, 6.07) is 15.3. The molecule has 1 aliphatic rings. The first-order valence-electron chi connectivity index (χ1n) is 7.33. The summed E-state index contributed by atoms with van der Waals surface area (Å²) in [7, 11) is 1.63. The van der Waals surface area contributed by atoms with Crippen LogP contribution in [0, 0.1) is 0 Å². The number of hydrogen-bond donors (Lipinski definition) is 1. The first kappa shape index (κ1) is 14.7. The van der Waals surface area contributed by atoms with Crippen molar-refractivity contribution >= 4 is 5.57 Å². The predicted octanol–water partition coefficient (Wildman–Crippen LogP) is 3.98. The molecule has 1 aliphatic heterocycles. The number of hydrogen-bond acceptors (Lipinski definition) is 3. The summed E-state index contributed by atoms with van der Waals surface area (Å²) in [5.74, 6) is 1.47. The Hall–Kier alpha value is -2.26. The van der Waals surface area contributed by atoms with Crippen molar-refractivity contribution in [2.24, 2.45) is 0 Å². The summed E-state index contributed by atoms with van der Waals surface area (Å²) in [5, 5.41) is 10.8. The van der Waals surface area contributed by atoms with Gasteiger partial charge in [-0.2, -0.15) is 0 Å². The van der Waals surface area contributed by atoms with Gasteiger partial charge in [-0.25, -0.2) is 0 Å². The van der Waals surface area contributed by atoms with Crippen LogP contribution in [0.1, 0.15) is 31.1 Å². The molecule has 22 heavy (non-hydrogen) atoms.